The molecule has 3 N–H and O–H groups in total. The second-order valence-electron chi connectivity index (χ2n) is 7.96. The predicted octanol–water partition coefficient (Wildman–Crippen LogP) is 3.55. The molecule has 0 spiro atoms. The van der Waals surface area contributed by atoms with Crippen molar-refractivity contribution in [1.29, 1.82) is 15.9 Å². The number of aromatic nitrogens is 1. The van der Waals surface area contributed by atoms with Gasteiger partial charge in [0, 0.05) is 29.4 Å². The number of pyridine rings is 1. The van der Waals surface area contributed by atoms with Gasteiger partial charge >= 0.3 is 0 Å². The lowest BCUT2D eigenvalue weighted by Gasteiger charge is -2.43. The molecule has 0 radical (unpaired) electrons. The Kier molecular flexibility index (Phi) is 5.52. The lowest BCUT2D eigenvalue weighted by Crippen LogP contribution is -2.66. The maximum Gasteiger partial charge on any atom is 0.217 e. The Morgan fingerprint density at radius 2 is 1.94 bits per heavy atom. The van der Waals surface area contributed by atoms with Gasteiger partial charge in [0.15, 0.2) is 11.9 Å². The molecule has 2 aliphatic rings. The second-order valence-corrected chi connectivity index (χ2v) is 8.88. The number of allylic oxidation sites excluding steroid dienone is 2. The first-order chi connectivity index (χ1) is 14.9. The van der Waals surface area contributed by atoms with Crippen LogP contribution < -0.4 is 9.88 Å². The topological polar surface area (TPSA) is 108 Å². The number of hydrogen-bond donors (Lipinski definition) is 3. The number of halogens is 1. The summed E-state index contributed by atoms with van der Waals surface area (Å²) in [5.74, 6) is 1.57. The molecule has 0 saturated heterocycles. The quantitative estimate of drug-likeness (QED) is 0.357. The molecule has 2 heterocycles. The van der Waals surface area contributed by atoms with E-state index in [0.29, 0.717) is 5.57 Å². The van der Waals surface area contributed by atoms with Gasteiger partial charge in [-0.1, -0.05) is 34.1 Å². The number of benzene rings is 1. The summed E-state index contributed by atoms with van der Waals surface area (Å²) in [6.45, 7) is 1.97. The normalized spacial score (nSPS) is 25.1. The van der Waals surface area contributed by atoms with Crippen molar-refractivity contribution < 1.29 is 9.67 Å². The lowest BCUT2D eigenvalue weighted by molar-refractivity contribution is -0.747. The Bertz CT molecular complexity index is 1200. The fourth-order valence-corrected chi connectivity index (χ4v) is 4.75. The highest BCUT2D eigenvalue weighted by atomic mass is 79.9. The van der Waals surface area contributed by atoms with Crippen molar-refractivity contribution in [3.05, 3.63) is 81.2 Å². The van der Waals surface area contributed by atoms with Crippen molar-refractivity contribution in [3.8, 4) is 12.1 Å². The highest BCUT2D eigenvalue weighted by Gasteiger charge is 2.61. The van der Waals surface area contributed by atoms with E-state index in [1.54, 1.807) is 0 Å². The van der Waals surface area contributed by atoms with Crippen LogP contribution in [0.5, 0.6) is 0 Å². The van der Waals surface area contributed by atoms with Crippen molar-refractivity contribution in [1.82, 2.24) is 5.32 Å². The highest BCUT2D eigenvalue weighted by molar-refractivity contribution is 9.10. The van der Waals surface area contributed by atoms with Crippen LogP contribution in [-0.2, 0) is 0 Å². The van der Waals surface area contributed by atoms with Crippen LogP contribution in [0.25, 0.3) is 0 Å². The zero-order chi connectivity index (χ0) is 22.2. The molecule has 2 aromatic rings. The van der Waals surface area contributed by atoms with Gasteiger partial charge in [-0.25, -0.2) is 0 Å². The molecule has 0 amide bonds. The molecule has 1 fully saturated rings. The number of aryl methyl sites for hydroxylation is 1. The van der Waals surface area contributed by atoms with Gasteiger partial charge in [0.1, 0.15) is 11.6 Å². The Hall–Kier alpha value is -3.22. The maximum absolute atomic E-state index is 12.1. The van der Waals surface area contributed by atoms with E-state index in [0.717, 1.165) is 28.6 Å². The number of aliphatic hydroxyl groups is 1. The Balaban J connectivity index is 2.06. The molecule has 4 rings (SSSR count). The van der Waals surface area contributed by atoms with Crippen molar-refractivity contribution in [3.63, 3.8) is 0 Å². The second kappa shape index (κ2) is 8.13. The summed E-state index contributed by atoms with van der Waals surface area (Å²) in [4.78, 5) is 0. The van der Waals surface area contributed by atoms with E-state index in [9.17, 15) is 15.6 Å². The van der Waals surface area contributed by atoms with E-state index < -0.39 is 17.7 Å². The Morgan fingerprint density at radius 1 is 1.23 bits per heavy atom. The van der Waals surface area contributed by atoms with Crippen LogP contribution in [0.1, 0.15) is 36.1 Å². The number of nitrogens with zero attached hydrogens (tertiary/aromatic N) is 3. The Morgan fingerprint density at radius 3 is 2.48 bits per heavy atom. The van der Waals surface area contributed by atoms with E-state index in [-0.39, 0.29) is 17.2 Å². The molecule has 1 aromatic heterocycles. The summed E-state index contributed by atoms with van der Waals surface area (Å²) in [5, 5.41) is 42.5. The fourth-order valence-electron chi connectivity index (χ4n) is 4.49. The smallest absolute Gasteiger partial charge is 0.217 e. The summed E-state index contributed by atoms with van der Waals surface area (Å²) in [6.07, 6.45) is 3.59. The minimum absolute atomic E-state index is 0.0385. The van der Waals surface area contributed by atoms with Crippen LogP contribution in [0.15, 0.2) is 70.0 Å². The van der Waals surface area contributed by atoms with Gasteiger partial charge in [0.25, 0.3) is 0 Å². The van der Waals surface area contributed by atoms with Crippen LogP contribution in [0.2, 0.25) is 0 Å². The third-order valence-electron chi connectivity index (χ3n) is 6.11. The van der Waals surface area contributed by atoms with Gasteiger partial charge in [0.2, 0.25) is 11.8 Å². The third-order valence-corrected chi connectivity index (χ3v) is 6.64. The summed E-state index contributed by atoms with van der Waals surface area (Å²) in [7, 11) is 0. The molecular weight excluding hydrogens is 454 g/mol. The van der Waals surface area contributed by atoms with E-state index in [1.165, 1.54) is 0 Å². The van der Waals surface area contributed by atoms with Crippen LogP contribution in [0.4, 0.5) is 0 Å². The average molecular weight is 475 g/mol. The van der Waals surface area contributed by atoms with Crippen molar-refractivity contribution in [2.24, 2.45) is 5.92 Å². The maximum atomic E-state index is 12.1. The molecule has 0 bridgehead atoms. The Labute approximate surface area is 189 Å². The van der Waals surface area contributed by atoms with Gasteiger partial charge in [-0.15, -0.1) is 0 Å². The molecule has 1 saturated carbocycles. The lowest BCUT2D eigenvalue weighted by atomic mass is 9.73. The van der Waals surface area contributed by atoms with Crippen molar-refractivity contribution in [2.45, 2.75) is 37.5 Å². The van der Waals surface area contributed by atoms with Gasteiger partial charge in [-0.2, -0.15) is 15.1 Å². The zero-order valence-corrected chi connectivity index (χ0v) is 18.5. The van der Waals surface area contributed by atoms with Crippen LogP contribution in [0, 0.1) is 40.9 Å². The van der Waals surface area contributed by atoms with Crippen LogP contribution >= 0.6 is 15.9 Å². The largest absolute Gasteiger partial charge is 0.365 e. The van der Waals surface area contributed by atoms with E-state index >= 15 is 0 Å². The number of nitrogens with one attached hydrogen (secondary N) is 2. The average Bonchev–Trinajstić information content (AvgIpc) is 3.62. The summed E-state index contributed by atoms with van der Waals surface area (Å²) >= 11 is 3.46. The highest BCUT2D eigenvalue weighted by Crippen LogP contribution is 2.52. The van der Waals surface area contributed by atoms with Gasteiger partial charge in [-0.3, -0.25) is 5.41 Å². The van der Waals surface area contributed by atoms with Crippen molar-refractivity contribution >= 4 is 21.8 Å². The molecule has 1 aliphatic carbocycles. The molecule has 154 valence electrons. The minimum atomic E-state index is -1.40. The fraction of sp³-hybridized carbons (Fsp3) is 0.292. The number of hydrogen-bond acceptors (Lipinski definition) is 5. The molecular formula is C24H21BrN5O+. The third kappa shape index (κ3) is 3.58. The zero-order valence-electron chi connectivity index (χ0n) is 16.9. The summed E-state index contributed by atoms with van der Waals surface area (Å²) in [6, 6.07) is 17.2. The molecule has 7 heteroatoms. The number of rotatable bonds is 4. The standard InChI is InChI=1S/C24H21BrN5O/c1-15-4-2-3-11-30(15)23-21(16-5-9-19(25)10-6-16)20(14-28)22(17(12-26)13-27)29-24(23,31)18-7-8-18/h2-6,9-11,18,21,23,26,29,31H,7-8H2,1H3/q+1/t21-,23+,24+/m1/s1. The number of nitriles is 2. The first kappa shape index (κ1) is 21.0. The van der Waals surface area contributed by atoms with Gasteiger partial charge in [-0.05, 0) is 36.4 Å². The molecule has 1 aliphatic heterocycles. The van der Waals surface area contributed by atoms with E-state index in [1.807, 2.05) is 66.2 Å². The molecule has 6 nitrogen and oxygen atoms in total. The van der Waals surface area contributed by atoms with Crippen LogP contribution in [-0.4, -0.2) is 16.7 Å². The van der Waals surface area contributed by atoms with E-state index in [4.69, 9.17) is 5.41 Å². The predicted molar refractivity (Wildman–Crippen MR) is 118 cm³/mol. The summed E-state index contributed by atoms with van der Waals surface area (Å²) in [5.41, 5.74) is 0.798. The molecule has 31 heavy (non-hydrogen) atoms. The first-order valence-corrected chi connectivity index (χ1v) is 10.8. The van der Waals surface area contributed by atoms with Crippen LogP contribution in [0.3, 0.4) is 0 Å². The van der Waals surface area contributed by atoms with Gasteiger partial charge < -0.3 is 10.4 Å². The summed E-state index contributed by atoms with van der Waals surface area (Å²) < 4.78 is 2.91. The van der Waals surface area contributed by atoms with Crippen molar-refractivity contribution in [2.75, 3.05) is 0 Å². The molecule has 0 unspecified atom stereocenters. The molecule has 1 aromatic carbocycles. The van der Waals surface area contributed by atoms with E-state index in [2.05, 4.69) is 33.2 Å². The SMILES string of the molecule is Cc1cccc[n+]1[C@H]1[C@H](c2ccc(Br)cc2)C(C#N)=C(C(=C=N)C#N)N[C@]1(O)C1CC1. The monoisotopic (exact) mass is 474 g/mol. The molecule has 3 atom stereocenters. The van der Waals surface area contributed by atoms with Gasteiger partial charge in [0.05, 0.1) is 23.3 Å². The first-order valence-electron chi connectivity index (χ1n) is 10.0. The minimum Gasteiger partial charge on any atom is -0.365 e.